The number of cyclic esters (lactones) is 2. The van der Waals surface area contributed by atoms with Crippen LogP contribution >= 0.6 is 0 Å². The molecule has 13 aromatic rings. The molecule has 87 heavy (non-hydrogen) atoms. The number of carbonyl (C=O) groups is 2. The maximum atomic E-state index is 13.9. The lowest BCUT2D eigenvalue weighted by atomic mass is 9.82. The van der Waals surface area contributed by atoms with E-state index in [-0.39, 0.29) is 21.7 Å². The quantitative estimate of drug-likeness (QED) is 0.0719. The summed E-state index contributed by atoms with van der Waals surface area (Å²) in [5, 5.41) is 7.67. The molecular weight excluding hydrogens is 1060 g/mol. The number of benzene rings is 13. The van der Waals surface area contributed by atoms with E-state index in [4.69, 9.17) is 4.74 Å². The molecule has 0 amide bonds. The third kappa shape index (κ3) is 6.53. The zero-order valence-corrected chi connectivity index (χ0v) is 49.9. The molecule has 1 aliphatic heterocycles. The summed E-state index contributed by atoms with van der Waals surface area (Å²) >= 11 is 0. The van der Waals surface area contributed by atoms with Gasteiger partial charge in [-0.1, -0.05) is 189 Å². The van der Waals surface area contributed by atoms with Gasteiger partial charge in [0.05, 0.1) is 11.1 Å². The van der Waals surface area contributed by atoms with Crippen LogP contribution in [0.5, 0.6) is 0 Å². The highest BCUT2D eigenvalue weighted by molar-refractivity contribution is 6.38. The summed E-state index contributed by atoms with van der Waals surface area (Å²) in [6, 6.07) is 81.1. The van der Waals surface area contributed by atoms with Crippen LogP contribution in [0.1, 0.15) is 121 Å². The second-order valence-electron chi connectivity index (χ2n) is 27.1. The lowest BCUT2D eigenvalue weighted by Gasteiger charge is -2.32. The minimum absolute atomic E-state index is 0.249. The molecule has 416 valence electrons. The van der Waals surface area contributed by atoms with E-state index in [1.807, 2.05) is 12.1 Å². The van der Waals surface area contributed by atoms with Gasteiger partial charge in [-0.2, -0.15) is 0 Å². The van der Waals surface area contributed by atoms with Crippen LogP contribution in [0.25, 0.3) is 87.6 Å². The summed E-state index contributed by atoms with van der Waals surface area (Å²) in [5.74, 6) is -1.25. The van der Waals surface area contributed by atoms with Crippen molar-refractivity contribution >= 4 is 89.2 Å². The Kier molecular flexibility index (Phi) is 9.74. The lowest BCUT2D eigenvalue weighted by molar-refractivity contribution is 0.0391. The minimum atomic E-state index is -0.626. The van der Waals surface area contributed by atoms with Gasteiger partial charge in [-0.15, -0.1) is 0 Å². The highest BCUT2D eigenvalue weighted by atomic mass is 16.6. The summed E-state index contributed by atoms with van der Waals surface area (Å²) in [5.41, 5.74) is 26.6. The van der Waals surface area contributed by atoms with Gasteiger partial charge in [0.15, 0.2) is 0 Å². The van der Waals surface area contributed by atoms with Crippen molar-refractivity contribution < 1.29 is 14.3 Å². The number of carbonyl (C=O) groups excluding carboxylic acids is 2. The molecule has 0 atom stereocenters. The predicted octanol–water partition coefficient (Wildman–Crippen LogP) is 21.2. The van der Waals surface area contributed by atoms with E-state index >= 15 is 0 Å². The zero-order valence-electron chi connectivity index (χ0n) is 49.9. The van der Waals surface area contributed by atoms with Crippen molar-refractivity contribution in [1.29, 1.82) is 0 Å². The highest BCUT2D eigenvalue weighted by Crippen LogP contribution is 2.58. The Morgan fingerprint density at radius 3 is 0.862 bits per heavy atom. The van der Waals surface area contributed by atoms with Gasteiger partial charge >= 0.3 is 11.9 Å². The molecule has 0 bridgehead atoms. The first-order valence-corrected chi connectivity index (χ1v) is 30.6. The maximum absolute atomic E-state index is 13.9. The number of anilines is 6. The SMILES string of the molecule is CC1(C)c2ccccc2-c2ccc(N(c3ccc4c(c3)C(C)(C)c3ccccc3-4)c3cc4cc(N(c5ccc6c(c5)C(C)(C)c5ccccc5-6)c5ccc6c(c5)C(C)(C)c5ccccc5-6)cc5c6ccc7c8c(ccc(c(c3)c45)c86)C(=O)OC7=O)cc21. The summed E-state index contributed by atoms with van der Waals surface area (Å²) in [6.45, 7) is 18.8. The molecule has 18 rings (SSSR count). The number of nitrogens with zero attached hydrogens (tertiary/aromatic N) is 2. The molecule has 13 aromatic carbocycles. The second-order valence-corrected chi connectivity index (χ2v) is 27.1. The average molecular weight is 1120 g/mol. The molecule has 5 aliphatic rings. The average Bonchev–Trinajstić information content (AvgIpc) is 1.74. The molecule has 4 aliphatic carbocycles. The fourth-order valence-electron chi connectivity index (χ4n) is 16.9. The van der Waals surface area contributed by atoms with Crippen molar-refractivity contribution in [1.82, 2.24) is 0 Å². The largest absolute Gasteiger partial charge is 0.386 e. The molecule has 0 unspecified atom stereocenters. The first-order valence-electron chi connectivity index (χ1n) is 30.6. The molecule has 0 radical (unpaired) electrons. The van der Waals surface area contributed by atoms with Crippen LogP contribution in [0.15, 0.2) is 218 Å². The summed E-state index contributed by atoms with van der Waals surface area (Å²) in [6.07, 6.45) is 0. The first-order chi connectivity index (χ1) is 42.0. The molecule has 0 N–H and O–H groups in total. The van der Waals surface area contributed by atoms with Crippen molar-refractivity contribution in [3.8, 4) is 44.5 Å². The number of rotatable bonds is 6. The van der Waals surface area contributed by atoms with Crippen molar-refractivity contribution in [2.45, 2.75) is 77.0 Å². The fourth-order valence-corrected chi connectivity index (χ4v) is 16.9. The Morgan fingerprint density at radius 2 is 0.540 bits per heavy atom. The maximum Gasteiger partial charge on any atom is 0.346 e. The molecule has 0 aromatic heterocycles. The molecule has 0 fully saturated rings. The third-order valence-corrected chi connectivity index (χ3v) is 21.2. The van der Waals surface area contributed by atoms with E-state index in [0.717, 1.165) is 71.8 Å². The number of esters is 2. The summed E-state index contributed by atoms with van der Waals surface area (Å²) in [7, 11) is 0. The van der Waals surface area contributed by atoms with Gasteiger partial charge in [0, 0.05) is 61.2 Å². The van der Waals surface area contributed by atoms with Gasteiger partial charge in [0.2, 0.25) is 0 Å². The van der Waals surface area contributed by atoms with E-state index < -0.39 is 11.9 Å². The molecule has 0 saturated carbocycles. The Morgan fingerprint density at radius 1 is 0.253 bits per heavy atom. The Hall–Kier alpha value is -10.1. The molecule has 1 heterocycles. The van der Waals surface area contributed by atoms with Crippen LogP contribution in [0.4, 0.5) is 34.1 Å². The normalized spacial score (nSPS) is 16.1. The molecule has 0 saturated heterocycles. The van der Waals surface area contributed by atoms with Crippen LogP contribution in [-0.2, 0) is 26.4 Å². The van der Waals surface area contributed by atoms with Crippen LogP contribution < -0.4 is 9.80 Å². The van der Waals surface area contributed by atoms with Crippen molar-refractivity contribution in [3.63, 3.8) is 0 Å². The van der Waals surface area contributed by atoms with Crippen molar-refractivity contribution in [2.75, 3.05) is 9.80 Å². The molecular formula is C82H60N2O3. The highest BCUT2D eigenvalue weighted by Gasteiger charge is 2.41. The van der Waals surface area contributed by atoms with E-state index in [1.165, 1.54) is 89.0 Å². The Labute approximate surface area is 506 Å². The topological polar surface area (TPSA) is 49.9 Å². The number of hydrogen-bond acceptors (Lipinski definition) is 5. The van der Waals surface area contributed by atoms with Gasteiger partial charge in [-0.3, -0.25) is 0 Å². The summed E-state index contributed by atoms with van der Waals surface area (Å²) < 4.78 is 5.43. The molecule has 0 spiro atoms. The van der Waals surface area contributed by atoms with Gasteiger partial charge in [-0.25, -0.2) is 9.59 Å². The van der Waals surface area contributed by atoms with Gasteiger partial charge in [-0.05, 0) is 212 Å². The van der Waals surface area contributed by atoms with Gasteiger partial charge in [0.1, 0.15) is 0 Å². The smallest absolute Gasteiger partial charge is 0.346 e. The number of hydrogen-bond donors (Lipinski definition) is 0. The summed E-state index contributed by atoms with van der Waals surface area (Å²) in [4.78, 5) is 32.7. The standard InChI is InChI=1S/C82H60N2O3/c1-79(2)66-21-13-9-17-52(66)56-29-25-46(41-70(56)79)83(47-26-30-57-53-18-10-14-22-67(53)80(3,4)71(57)42-47)50-37-45-38-51(40-65-61-34-36-63-76-62(77(85)87-78(63)86)35-33-60(75(61)76)64(39-50)74(45)65)84(48-27-31-58-54-19-11-15-23-68(54)81(5,6)72(58)43-48)49-28-32-59-55-20-12-16-24-69(55)82(7,8)73(59)44-49/h9-44H,1-8H3. The molecule has 5 nitrogen and oxygen atoms in total. The van der Waals surface area contributed by atoms with Crippen molar-refractivity contribution in [2.24, 2.45) is 0 Å². The first kappa shape index (κ1) is 50.2. The van der Waals surface area contributed by atoms with E-state index in [0.29, 0.717) is 16.5 Å². The predicted molar refractivity (Wildman–Crippen MR) is 357 cm³/mol. The van der Waals surface area contributed by atoms with Crippen LogP contribution in [0.3, 0.4) is 0 Å². The van der Waals surface area contributed by atoms with E-state index in [9.17, 15) is 9.59 Å². The second kappa shape index (κ2) is 16.9. The van der Waals surface area contributed by atoms with Crippen LogP contribution in [0.2, 0.25) is 0 Å². The van der Waals surface area contributed by atoms with Crippen LogP contribution in [-0.4, -0.2) is 11.9 Å². The van der Waals surface area contributed by atoms with E-state index in [1.54, 1.807) is 0 Å². The number of ether oxygens (including phenoxy) is 1. The van der Waals surface area contributed by atoms with Crippen LogP contribution in [0, 0.1) is 0 Å². The van der Waals surface area contributed by atoms with Gasteiger partial charge < -0.3 is 14.5 Å². The minimum Gasteiger partial charge on any atom is -0.386 e. The van der Waals surface area contributed by atoms with Crippen molar-refractivity contribution in [3.05, 3.63) is 274 Å². The molecule has 5 heteroatoms. The Bertz CT molecular complexity index is 4790. The fraction of sp³-hybridized carbons (Fsp3) is 0.146. The monoisotopic (exact) mass is 1120 g/mol. The van der Waals surface area contributed by atoms with Gasteiger partial charge in [0.25, 0.3) is 0 Å². The lowest BCUT2D eigenvalue weighted by Crippen LogP contribution is -2.19. The third-order valence-electron chi connectivity index (χ3n) is 21.2. The van der Waals surface area contributed by atoms with E-state index in [2.05, 4.69) is 271 Å². The zero-order chi connectivity index (χ0) is 58.9. The number of fused-ring (bicyclic) bond motifs is 14. The Balaban J connectivity index is 0.943.